The zero-order valence-electron chi connectivity index (χ0n) is 9.06. The zero-order chi connectivity index (χ0) is 11.8. The average molecular weight is 229 g/mol. The molecule has 0 spiro atoms. The Hall–Kier alpha value is -1.03. The summed E-state index contributed by atoms with van der Waals surface area (Å²) < 4.78 is 37.0. The average Bonchev–Trinajstić information content (AvgIpc) is 2.15. The van der Waals surface area contributed by atoms with E-state index in [0.717, 1.165) is 37.1 Å². The number of halogens is 3. The lowest BCUT2D eigenvalue weighted by molar-refractivity contribution is -0.137. The van der Waals surface area contributed by atoms with E-state index in [4.69, 9.17) is 0 Å². The van der Waals surface area contributed by atoms with Crippen molar-refractivity contribution >= 4 is 0 Å². The van der Waals surface area contributed by atoms with E-state index in [1.807, 2.05) is 0 Å². The smallest absolute Gasteiger partial charge is 0.311 e. The lowest BCUT2D eigenvalue weighted by Crippen LogP contribution is -2.55. The maximum absolute atomic E-state index is 12.3. The molecular weight excluding hydrogens is 215 g/mol. The normalized spacial score (nSPS) is 25.2. The van der Waals surface area contributed by atoms with Crippen molar-refractivity contribution in [3.05, 3.63) is 35.4 Å². The van der Waals surface area contributed by atoms with Crippen molar-refractivity contribution in [2.45, 2.75) is 31.5 Å². The molecule has 1 aliphatic heterocycles. The summed E-state index contributed by atoms with van der Waals surface area (Å²) in [5, 5.41) is 3.29. The minimum Gasteiger partial charge on any atom is -0.311 e. The molecule has 1 aliphatic rings. The maximum atomic E-state index is 12.3. The highest BCUT2D eigenvalue weighted by Crippen LogP contribution is 2.30. The van der Waals surface area contributed by atoms with Gasteiger partial charge in [-0.05, 0) is 44.0 Å². The van der Waals surface area contributed by atoms with Crippen LogP contribution in [0.15, 0.2) is 24.3 Å². The van der Waals surface area contributed by atoms with Crippen LogP contribution in [0.4, 0.5) is 13.2 Å². The number of rotatable bonds is 2. The molecule has 1 aromatic carbocycles. The molecule has 1 saturated heterocycles. The van der Waals surface area contributed by atoms with E-state index in [1.54, 1.807) is 12.1 Å². The summed E-state index contributed by atoms with van der Waals surface area (Å²) in [5.74, 6) is 0. The third-order valence-electron chi connectivity index (χ3n) is 3.10. The second-order valence-electron chi connectivity index (χ2n) is 4.61. The first-order valence-electron chi connectivity index (χ1n) is 5.30. The number of alkyl halides is 3. The lowest BCUT2D eigenvalue weighted by Gasteiger charge is -2.40. The first kappa shape index (κ1) is 11.5. The fourth-order valence-corrected chi connectivity index (χ4v) is 1.96. The van der Waals surface area contributed by atoms with Gasteiger partial charge in [0.25, 0.3) is 0 Å². The molecule has 0 bridgehead atoms. The first-order valence-corrected chi connectivity index (χ1v) is 5.30. The van der Waals surface area contributed by atoms with Crippen LogP contribution in [0.1, 0.15) is 24.5 Å². The van der Waals surface area contributed by atoms with Gasteiger partial charge >= 0.3 is 6.18 Å². The Morgan fingerprint density at radius 1 is 1.25 bits per heavy atom. The number of benzene rings is 1. The van der Waals surface area contributed by atoms with Crippen molar-refractivity contribution in [1.82, 2.24) is 5.32 Å². The van der Waals surface area contributed by atoms with Crippen molar-refractivity contribution in [1.29, 1.82) is 0 Å². The number of hydrogen-bond donors (Lipinski definition) is 1. The molecule has 1 heterocycles. The summed E-state index contributed by atoms with van der Waals surface area (Å²) in [4.78, 5) is 0. The van der Waals surface area contributed by atoms with Gasteiger partial charge in [-0.3, -0.25) is 0 Å². The van der Waals surface area contributed by atoms with Gasteiger partial charge in [0.05, 0.1) is 5.56 Å². The van der Waals surface area contributed by atoms with E-state index in [0.29, 0.717) is 0 Å². The highest BCUT2D eigenvalue weighted by molar-refractivity contribution is 5.26. The van der Waals surface area contributed by atoms with Gasteiger partial charge in [-0.15, -0.1) is 0 Å². The van der Waals surface area contributed by atoms with E-state index in [9.17, 15) is 13.2 Å². The lowest BCUT2D eigenvalue weighted by atomic mass is 9.84. The van der Waals surface area contributed by atoms with Crippen LogP contribution in [0, 0.1) is 0 Å². The third-order valence-corrected chi connectivity index (χ3v) is 3.10. The number of nitrogens with one attached hydrogen (secondary N) is 1. The molecule has 16 heavy (non-hydrogen) atoms. The highest BCUT2D eigenvalue weighted by atomic mass is 19.4. The summed E-state index contributed by atoms with van der Waals surface area (Å²) in [6.07, 6.45) is -2.38. The molecule has 1 fully saturated rings. The SMILES string of the molecule is CC1(Cc2ccc(C(F)(F)F)cc2)CCN1. The van der Waals surface area contributed by atoms with Crippen molar-refractivity contribution < 1.29 is 13.2 Å². The molecule has 1 N–H and O–H groups in total. The predicted octanol–water partition coefficient (Wildman–Crippen LogP) is 3.00. The fourth-order valence-electron chi connectivity index (χ4n) is 1.96. The van der Waals surface area contributed by atoms with Gasteiger partial charge in [-0.25, -0.2) is 0 Å². The maximum Gasteiger partial charge on any atom is 0.416 e. The van der Waals surface area contributed by atoms with Gasteiger partial charge in [0.1, 0.15) is 0 Å². The third kappa shape index (κ3) is 2.38. The zero-order valence-corrected chi connectivity index (χ0v) is 9.06. The Morgan fingerprint density at radius 3 is 2.19 bits per heavy atom. The van der Waals surface area contributed by atoms with Crippen LogP contribution < -0.4 is 5.32 Å². The van der Waals surface area contributed by atoms with E-state index in [-0.39, 0.29) is 5.54 Å². The Balaban J connectivity index is 2.08. The minimum atomic E-state index is -4.24. The molecule has 1 atom stereocenters. The molecule has 0 radical (unpaired) electrons. The van der Waals surface area contributed by atoms with E-state index in [2.05, 4.69) is 12.2 Å². The molecule has 0 amide bonds. The molecule has 1 nitrogen and oxygen atoms in total. The van der Waals surface area contributed by atoms with Crippen LogP contribution in [0.25, 0.3) is 0 Å². The van der Waals surface area contributed by atoms with Crippen molar-refractivity contribution in [2.24, 2.45) is 0 Å². The van der Waals surface area contributed by atoms with Crippen LogP contribution in [-0.4, -0.2) is 12.1 Å². The fraction of sp³-hybridized carbons (Fsp3) is 0.500. The van der Waals surface area contributed by atoms with Crippen LogP contribution >= 0.6 is 0 Å². The molecular formula is C12H14F3N. The quantitative estimate of drug-likeness (QED) is 0.822. The van der Waals surface area contributed by atoms with Crippen molar-refractivity contribution in [3.63, 3.8) is 0 Å². The Kier molecular flexibility index (Phi) is 2.70. The first-order chi connectivity index (χ1) is 7.39. The van der Waals surface area contributed by atoms with Crippen molar-refractivity contribution in [3.8, 4) is 0 Å². The van der Waals surface area contributed by atoms with E-state index >= 15 is 0 Å². The second kappa shape index (κ2) is 3.77. The van der Waals surface area contributed by atoms with Crippen LogP contribution in [0.5, 0.6) is 0 Å². The van der Waals surface area contributed by atoms with Crippen molar-refractivity contribution in [2.75, 3.05) is 6.54 Å². The van der Waals surface area contributed by atoms with Crippen LogP contribution in [-0.2, 0) is 12.6 Å². The predicted molar refractivity (Wildman–Crippen MR) is 56.2 cm³/mol. The van der Waals surface area contributed by atoms with Gasteiger partial charge in [0, 0.05) is 5.54 Å². The molecule has 1 unspecified atom stereocenters. The monoisotopic (exact) mass is 229 g/mol. The Labute approximate surface area is 92.7 Å². The van der Waals surface area contributed by atoms with Crippen LogP contribution in [0.2, 0.25) is 0 Å². The molecule has 0 saturated carbocycles. The Morgan fingerprint density at radius 2 is 1.81 bits per heavy atom. The molecule has 0 aromatic heterocycles. The molecule has 88 valence electrons. The van der Waals surface area contributed by atoms with Gasteiger partial charge < -0.3 is 5.32 Å². The topological polar surface area (TPSA) is 12.0 Å². The summed E-state index contributed by atoms with van der Waals surface area (Å²) in [5.41, 5.74) is 0.436. The van der Waals surface area contributed by atoms with Gasteiger partial charge in [0.2, 0.25) is 0 Å². The largest absolute Gasteiger partial charge is 0.416 e. The molecule has 4 heteroatoms. The standard InChI is InChI=1S/C12H14F3N/c1-11(6-7-16-11)8-9-2-4-10(5-3-9)12(13,14)15/h2-5,16H,6-8H2,1H3. The van der Waals surface area contributed by atoms with Gasteiger partial charge in [-0.2, -0.15) is 13.2 Å². The molecule has 1 aromatic rings. The molecule has 2 rings (SSSR count). The summed E-state index contributed by atoms with van der Waals surface area (Å²) >= 11 is 0. The van der Waals surface area contributed by atoms with Crippen LogP contribution in [0.3, 0.4) is 0 Å². The summed E-state index contributed by atoms with van der Waals surface area (Å²) in [6.45, 7) is 3.09. The minimum absolute atomic E-state index is 0.0692. The summed E-state index contributed by atoms with van der Waals surface area (Å²) in [7, 11) is 0. The highest BCUT2D eigenvalue weighted by Gasteiger charge is 2.32. The molecule has 0 aliphatic carbocycles. The van der Waals surface area contributed by atoms with Gasteiger partial charge in [0.15, 0.2) is 0 Å². The summed E-state index contributed by atoms with van der Waals surface area (Å²) in [6, 6.07) is 5.43. The van der Waals surface area contributed by atoms with Gasteiger partial charge in [-0.1, -0.05) is 12.1 Å². The Bertz CT molecular complexity index is 363. The van der Waals surface area contributed by atoms with E-state index in [1.165, 1.54) is 0 Å². The second-order valence-corrected chi connectivity index (χ2v) is 4.61. The van der Waals surface area contributed by atoms with E-state index < -0.39 is 11.7 Å². The number of hydrogen-bond acceptors (Lipinski definition) is 1.